The van der Waals surface area contributed by atoms with Crippen molar-refractivity contribution in [2.75, 3.05) is 14.2 Å². The fraction of sp³-hybridized carbons (Fsp3) is 0.182. The molecule has 5 nitrogen and oxygen atoms in total. The molecule has 1 aromatic heterocycles. The number of pyridine rings is 1. The van der Waals surface area contributed by atoms with Crippen LogP contribution in [0, 0.1) is 0 Å². The van der Waals surface area contributed by atoms with Gasteiger partial charge in [-0.3, -0.25) is 0 Å². The summed E-state index contributed by atoms with van der Waals surface area (Å²) in [6, 6.07) is 1.47. The van der Waals surface area contributed by atoms with Crippen molar-refractivity contribution in [2.24, 2.45) is 0 Å². The molecule has 0 aromatic carbocycles. The number of carbonyl (C=O) groups excluding carboxylic acids is 2. The lowest BCUT2D eigenvalue weighted by atomic mass is 10.1. The number of nitrogens with zero attached hydrogens (tertiary/aromatic N) is 1. The third kappa shape index (κ3) is 2.25. The summed E-state index contributed by atoms with van der Waals surface area (Å²) < 4.78 is 9.06. The second-order valence-electron chi connectivity index (χ2n) is 2.85. The molecule has 0 aliphatic carbocycles. The molecule has 0 aliphatic rings. The van der Waals surface area contributed by atoms with Crippen LogP contribution in [-0.4, -0.2) is 31.1 Å². The van der Waals surface area contributed by atoms with E-state index >= 15 is 0 Å². The minimum absolute atomic E-state index is 0.0618. The summed E-state index contributed by atoms with van der Waals surface area (Å²) in [6.07, 6.45) is 2.94. The van der Waals surface area contributed by atoms with Gasteiger partial charge in [-0.15, -0.1) is 0 Å². The van der Waals surface area contributed by atoms with E-state index in [9.17, 15) is 9.59 Å². The zero-order chi connectivity index (χ0) is 12.1. The molecule has 0 bridgehead atoms. The standard InChI is InChI=1S/C11H11NO4/c1-4-7-5-8(10(13)15-2)9(12-6-7)11(14)16-3/h4-6H,1H2,2-3H3. The lowest BCUT2D eigenvalue weighted by Gasteiger charge is -2.05. The van der Waals surface area contributed by atoms with Gasteiger partial charge in [0.15, 0.2) is 5.69 Å². The summed E-state index contributed by atoms with van der Waals surface area (Å²) in [5, 5.41) is 0. The first-order valence-corrected chi connectivity index (χ1v) is 4.43. The van der Waals surface area contributed by atoms with E-state index in [2.05, 4.69) is 21.0 Å². The zero-order valence-electron chi connectivity index (χ0n) is 9.02. The molecule has 0 saturated heterocycles. The summed E-state index contributed by atoms with van der Waals surface area (Å²) in [4.78, 5) is 26.6. The van der Waals surface area contributed by atoms with Crippen LogP contribution in [0.5, 0.6) is 0 Å². The van der Waals surface area contributed by atoms with Crippen LogP contribution >= 0.6 is 0 Å². The van der Waals surface area contributed by atoms with Crippen molar-refractivity contribution in [1.82, 2.24) is 4.98 Å². The van der Waals surface area contributed by atoms with Gasteiger partial charge in [0.2, 0.25) is 0 Å². The van der Waals surface area contributed by atoms with Crippen LogP contribution < -0.4 is 0 Å². The molecule has 0 saturated carbocycles. The summed E-state index contributed by atoms with van der Waals surface area (Å²) in [5.74, 6) is -1.33. The number of methoxy groups -OCH3 is 2. The first-order chi connectivity index (χ1) is 7.63. The Morgan fingerprint density at radius 1 is 1.31 bits per heavy atom. The van der Waals surface area contributed by atoms with Crippen molar-refractivity contribution in [3.05, 3.63) is 35.7 Å². The summed E-state index contributed by atoms with van der Waals surface area (Å²) in [7, 11) is 2.44. The minimum Gasteiger partial charge on any atom is -0.465 e. The molecule has 1 aromatic rings. The maximum absolute atomic E-state index is 11.4. The Kier molecular flexibility index (Phi) is 3.77. The highest BCUT2D eigenvalue weighted by Gasteiger charge is 2.20. The van der Waals surface area contributed by atoms with Crippen LogP contribution in [0.3, 0.4) is 0 Å². The second kappa shape index (κ2) is 5.06. The van der Waals surface area contributed by atoms with Gasteiger partial charge >= 0.3 is 11.9 Å². The Balaban J connectivity index is 3.32. The number of carbonyl (C=O) groups is 2. The number of ether oxygens (including phenoxy) is 2. The van der Waals surface area contributed by atoms with Gasteiger partial charge in [-0.05, 0) is 11.6 Å². The van der Waals surface area contributed by atoms with Gasteiger partial charge in [-0.1, -0.05) is 12.7 Å². The zero-order valence-corrected chi connectivity index (χ0v) is 9.02. The maximum Gasteiger partial charge on any atom is 0.357 e. The van der Waals surface area contributed by atoms with Gasteiger partial charge in [0, 0.05) is 6.20 Å². The van der Waals surface area contributed by atoms with E-state index in [0.717, 1.165) is 0 Å². The normalized spacial score (nSPS) is 9.38. The molecule has 0 N–H and O–H groups in total. The van der Waals surface area contributed by atoms with E-state index in [1.807, 2.05) is 0 Å². The fourth-order valence-electron chi connectivity index (χ4n) is 1.12. The van der Waals surface area contributed by atoms with Gasteiger partial charge in [-0.25, -0.2) is 14.6 Å². The lowest BCUT2D eigenvalue weighted by molar-refractivity contribution is 0.0550. The van der Waals surface area contributed by atoms with E-state index in [1.165, 1.54) is 32.6 Å². The molecule has 0 spiro atoms. The average Bonchev–Trinajstić information content (AvgIpc) is 2.36. The lowest BCUT2D eigenvalue weighted by Crippen LogP contribution is -2.14. The van der Waals surface area contributed by atoms with Crippen molar-refractivity contribution < 1.29 is 19.1 Å². The van der Waals surface area contributed by atoms with Gasteiger partial charge in [0.1, 0.15) is 0 Å². The predicted octanol–water partition coefficient (Wildman–Crippen LogP) is 1.30. The molecule has 1 rings (SSSR count). The Morgan fingerprint density at radius 3 is 2.44 bits per heavy atom. The molecular weight excluding hydrogens is 210 g/mol. The second-order valence-corrected chi connectivity index (χ2v) is 2.85. The number of esters is 2. The van der Waals surface area contributed by atoms with Gasteiger partial charge in [0.05, 0.1) is 19.8 Å². The molecule has 0 amide bonds. The van der Waals surface area contributed by atoms with Crippen LogP contribution in [0.1, 0.15) is 26.4 Å². The Hall–Kier alpha value is -2.17. The minimum atomic E-state index is -0.684. The van der Waals surface area contributed by atoms with Crippen LogP contribution in [0.2, 0.25) is 0 Å². The first-order valence-electron chi connectivity index (χ1n) is 4.43. The number of hydrogen-bond acceptors (Lipinski definition) is 5. The molecule has 1 heterocycles. The van der Waals surface area contributed by atoms with Crippen LogP contribution in [0.25, 0.3) is 6.08 Å². The van der Waals surface area contributed by atoms with Gasteiger partial charge in [0.25, 0.3) is 0 Å². The monoisotopic (exact) mass is 221 g/mol. The molecule has 0 radical (unpaired) electrons. The Morgan fingerprint density at radius 2 is 1.94 bits per heavy atom. The molecule has 5 heteroatoms. The van der Waals surface area contributed by atoms with E-state index in [-0.39, 0.29) is 11.3 Å². The molecular formula is C11H11NO4. The first kappa shape index (κ1) is 11.9. The van der Waals surface area contributed by atoms with E-state index in [4.69, 9.17) is 0 Å². The van der Waals surface area contributed by atoms with Crippen molar-refractivity contribution in [3.8, 4) is 0 Å². The number of hydrogen-bond donors (Lipinski definition) is 0. The van der Waals surface area contributed by atoms with Crippen LogP contribution in [-0.2, 0) is 9.47 Å². The average molecular weight is 221 g/mol. The largest absolute Gasteiger partial charge is 0.465 e. The maximum atomic E-state index is 11.4. The van der Waals surface area contributed by atoms with Crippen molar-refractivity contribution in [1.29, 1.82) is 0 Å². The van der Waals surface area contributed by atoms with Crippen molar-refractivity contribution in [3.63, 3.8) is 0 Å². The van der Waals surface area contributed by atoms with Gasteiger partial charge in [-0.2, -0.15) is 0 Å². The molecule has 0 fully saturated rings. The van der Waals surface area contributed by atoms with Crippen molar-refractivity contribution in [2.45, 2.75) is 0 Å². The van der Waals surface area contributed by atoms with Crippen LogP contribution in [0.4, 0.5) is 0 Å². The topological polar surface area (TPSA) is 65.5 Å². The highest BCUT2D eigenvalue weighted by Crippen LogP contribution is 2.12. The number of aromatic nitrogens is 1. The molecule has 0 aliphatic heterocycles. The SMILES string of the molecule is C=Cc1cnc(C(=O)OC)c(C(=O)OC)c1. The Labute approximate surface area is 92.7 Å². The summed E-state index contributed by atoms with van der Waals surface area (Å²) >= 11 is 0. The van der Waals surface area contributed by atoms with Crippen molar-refractivity contribution >= 4 is 18.0 Å². The van der Waals surface area contributed by atoms with Crippen LogP contribution in [0.15, 0.2) is 18.8 Å². The Bertz CT molecular complexity index is 440. The number of rotatable bonds is 3. The van der Waals surface area contributed by atoms with E-state index in [0.29, 0.717) is 5.56 Å². The molecule has 16 heavy (non-hydrogen) atoms. The summed E-state index contributed by atoms with van der Waals surface area (Å²) in [6.45, 7) is 3.54. The summed E-state index contributed by atoms with van der Waals surface area (Å²) in [5.41, 5.74) is 0.611. The predicted molar refractivity (Wildman–Crippen MR) is 57.0 cm³/mol. The van der Waals surface area contributed by atoms with Gasteiger partial charge < -0.3 is 9.47 Å². The van der Waals surface area contributed by atoms with E-state index in [1.54, 1.807) is 0 Å². The van der Waals surface area contributed by atoms with E-state index < -0.39 is 11.9 Å². The third-order valence-electron chi connectivity index (χ3n) is 1.93. The third-order valence-corrected chi connectivity index (χ3v) is 1.93. The molecule has 0 unspecified atom stereocenters. The smallest absolute Gasteiger partial charge is 0.357 e. The molecule has 84 valence electrons. The highest BCUT2D eigenvalue weighted by atomic mass is 16.5. The quantitative estimate of drug-likeness (QED) is 0.720. The fourth-order valence-corrected chi connectivity index (χ4v) is 1.12. The molecule has 0 atom stereocenters. The highest BCUT2D eigenvalue weighted by molar-refractivity contribution is 6.02.